The van der Waals surface area contributed by atoms with Gasteiger partial charge in [-0.25, -0.2) is 0 Å². The maximum Gasteiger partial charge on any atom is 0.235 e. The largest absolute Gasteiger partial charge is 0.335 e. The van der Waals surface area contributed by atoms with Gasteiger partial charge in [0.25, 0.3) is 0 Å². The first kappa shape index (κ1) is 11.1. The third-order valence-electron chi connectivity index (χ3n) is 2.72. The van der Waals surface area contributed by atoms with Crippen LogP contribution in [-0.4, -0.2) is 23.9 Å². The van der Waals surface area contributed by atoms with Crippen LogP contribution < -0.4 is 5.32 Å². The summed E-state index contributed by atoms with van der Waals surface area (Å²) in [5.74, 6) is 0.688. The van der Waals surface area contributed by atoms with Gasteiger partial charge in [0.2, 0.25) is 5.91 Å². The van der Waals surface area contributed by atoms with Gasteiger partial charge < -0.3 is 5.32 Å². The van der Waals surface area contributed by atoms with Gasteiger partial charge in [-0.3, -0.25) is 9.69 Å². The van der Waals surface area contributed by atoms with E-state index in [0.29, 0.717) is 12.5 Å². The normalized spacial score (nSPS) is 21.4. The highest BCUT2D eigenvalue weighted by atomic mass is 16.2. The van der Waals surface area contributed by atoms with Crippen LogP contribution in [0.2, 0.25) is 0 Å². The quantitative estimate of drug-likeness (QED) is 0.838. The highest BCUT2D eigenvalue weighted by Gasteiger charge is 2.30. The second-order valence-corrected chi connectivity index (χ2v) is 4.70. The smallest absolute Gasteiger partial charge is 0.235 e. The van der Waals surface area contributed by atoms with E-state index in [4.69, 9.17) is 0 Å². The third-order valence-corrected chi connectivity index (χ3v) is 2.72. The summed E-state index contributed by atoms with van der Waals surface area (Å²) in [5.41, 5.74) is 1.16. The molecule has 1 fully saturated rings. The molecule has 1 aromatic carbocycles. The fourth-order valence-corrected chi connectivity index (χ4v) is 2.13. The van der Waals surface area contributed by atoms with Crippen molar-refractivity contribution in [3.8, 4) is 0 Å². The van der Waals surface area contributed by atoms with Crippen molar-refractivity contribution >= 4 is 5.91 Å². The lowest BCUT2D eigenvalue weighted by Gasteiger charge is -2.24. The van der Waals surface area contributed by atoms with Gasteiger partial charge in [0.15, 0.2) is 0 Å². The summed E-state index contributed by atoms with van der Waals surface area (Å²) >= 11 is 0. The second kappa shape index (κ2) is 4.66. The molecule has 1 heterocycles. The molecule has 1 unspecified atom stereocenters. The Bertz CT molecular complexity index is 361. The fraction of sp³-hybridized carbons (Fsp3) is 0.462. The van der Waals surface area contributed by atoms with Crippen molar-refractivity contribution in [1.29, 1.82) is 0 Å². The topological polar surface area (TPSA) is 32.3 Å². The van der Waals surface area contributed by atoms with Gasteiger partial charge in [-0.15, -0.1) is 0 Å². The molecule has 0 radical (unpaired) electrons. The molecule has 0 aromatic heterocycles. The Balaban J connectivity index is 2.16. The molecule has 16 heavy (non-hydrogen) atoms. The average molecular weight is 218 g/mol. The highest BCUT2D eigenvalue weighted by Crippen LogP contribution is 2.22. The second-order valence-electron chi connectivity index (χ2n) is 4.70. The zero-order valence-electron chi connectivity index (χ0n) is 9.81. The number of rotatable bonds is 3. The predicted molar refractivity (Wildman–Crippen MR) is 63.7 cm³/mol. The van der Waals surface area contributed by atoms with Gasteiger partial charge in [0.05, 0.1) is 6.54 Å². The molecule has 1 aliphatic rings. The maximum atomic E-state index is 11.5. The van der Waals surface area contributed by atoms with E-state index in [0.717, 1.165) is 12.1 Å². The van der Waals surface area contributed by atoms with Crippen LogP contribution in [0.25, 0.3) is 0 Å². The lowest BCUT2D eigenvalue weighted by Crippen LogP contribution is -2.30. The number of carbonyl (C=O) groups is 1. The number of hydrogen-bond donors (Lipinski definition) is 1. The first-order chi connectivity index (χ1) is 7.66. The summed E-state index contributed by atoms with van der Waals surface area (Å²) in [7, 11) is 0. The van der Waals surface area contributed by atoms with Gasteiger partial charge in [0, 0.05) is 6.54 Å². The standard InChI is InChI=1S/C13H18N2O/c1-10(2)8-15-9-12(16)14-13(15)11-6-4-3-5-7-11/h3-7,10,13H,8-9H2,1-2H3,(H,14,16). The zero-order chi connectivity index (χ0) is 11.5. The molecule has 1 amide bonds. The Hall–Kier alpha value is -1.35. The first-order valence-electron chi connectivity index (χ1n) is 5.75. The molecule has 3 heteroatoms. The van der Waals surface area contributed by atoms with E-state index < -0.39 is 0 Å². The third kappa shape index (κ3) is 2.42. The van der Waals surface area contributed by atoms with Gasteiger partial charge in [-0.1, -0.05) is 44.2 Å². The molecule has 86 valence electrons. The van der Waals surface area contributed by atoms with Crippen LogP contribution in [0.3, 0.4) is 0 Å². The van der Waals surface area contributed by atoms with Crippen molar-refractivity contribution < 1.29 is 4.79 Å². The number of amides is 1. The highest BCUT2D eigenvalue weighted by molar-refractivity contribution is 5.80. The zero-order valence-corrected chi connectivity index (χ0v) is 9.81. The Morgan fingerprint density at radius 2 is 2.06 bits per heavy atom. The Kier molecular flexibility index (Phi) is 3.25. The van der Waals surface area contributed by atoms with Crippen molar-refractivity contribution in [1.82, 2.24) is 10.2 Å². The molecule has 1 saturated heterocycles. The molecule has 0 bridgehead atoms. The van der Waals surface area contributed by atoms with E-state index in [1.54, 1.807) is 0 Å². The van der Waals surface area contributed by atoms with Crippen LogP contribution in [0.4, 0.5) is 0 Å². The molecule has 1 atom stereocenters. The Morgan fingerprint density at radius 3 is 2.69 bits per heavy atom. The summed E-state index contributed by atoms with van der Waals surface area (Å²) in [6.07, 6.45) is 0.0519. The van der Waals surface area contributed by atoms with E-state index in [2.05, 4.69) is 36.2 Å². The molecular weight excluding hydrogens is 200 g/mol. The maximum absolute atomic E-state index is 11.5. The number of nitrogens with one attached hydrogen (secondary N) is 1. The summed E-state index contributed by atoms with van der Waals surface area (Å²) in [5, 5.41) is 3.01. The molecular formula is C13H18N2O. The van der Waals surface area contributed by atoms with Crippen molar-refractivity contribution in [3.05, 3.63) is 35.9 Å². The molecule has 1 aliphatic heterocycles. The summed E-state index contributed by atoms with van der Waals surface area (Å²) in [6, 6.07) is 10.1. The molecule has 1 aromatic rings. The van der Waals surface area contributed by atoms with E-state index in [9.17, 15) is 4.79 Å². The van der Waals surface area contributed by atoms with Crippen molar-refractivity contribution in [3.63, 3.8) is 0 Å². The first-order valence-corrected chi connectivity index (χ1v) is 5.75. The van der Waals surface area contributed by atoms with Gasteiger partial charge in [0.1, 0.15) is 6.17 Å². The Labute approximate surface area is 96.5 Å². The van der Waals surface area contributed by atoms with Crippen molar-refractivity contribution in [2.45, 2.75) is 20.0 Å². The van der Waals surface area contributed by atoms with E-state index in [-0.39, 0.29) is 12.1 Å². The van der Waals surface area contributed by atoms with E-state index >= 15 is 0 Å². The van der Waals surface area contributed by atoms with Crippen LogP contribution in [0, 0.1) is 5.92 Å². The molecule has 0 aliphatic carbocycles. The number of hydrogen-bond acceptors (Lipinski definition) is 2. The van der Waals surface area contributed by atoms with Crippen molar-refractivity contribution in [2.24, 2.45) is 5.92 Å². The lowest BCUT2D eigenvalue weighted by atomic mass is 10.1. The summed E-state index contributed by atoms with van der Waals surface area (Å²) in [6.45, 7) is 5.80. The SMILES string of the molecule is CC(C)CN1CC(=O)NC1c1ccccc1. The van der Waals surface area contributed by atoms with Gasteiger partial charge in [-0.2, -0.15) is 0 Å². The molecule has 1 N–H and O–H groups in total. The minimum absolute atomic E-state index is 0.0519. The van der Waals surface area contributed by atoms with Crippen LogP contribution >= 0.6 is 0 Å². The summed E-state index contributed by atoms with van der Waals surface area (Å²) in [4.78, 5) is 13.7. The molecule has 0 saturated carbocycles. The fourth-order valence-electron chi connectivity index (χ4n) is 2.13. The van der Waals surface area contributed by atoms with Gasteiger partial charge >= 0.3 is 0 Å². The van der Waals surface area contributed by atoms with Crippen LogP contribution in [0.15, 0.2) is 30.3 Å². The van der Waals surface area contributed by atoms with Crippen LogP contribution in [0.1, 0.15) is 25.6 Å². The monoisotopic (exact) mass is 218 g/mol. The average Bonchev–Trinajstić information content (AvgIpc) is 2.60. The number of nitrogens with zero attached hydrogens (tertiary/aromatic N) is 1. The molecule has 2 rings (SSSR count). The van der Waals surface area contributed by atoms with E-state index in [1.165, 1.54) is 0 Å². The van der Waals surface area contributed by atoms with Gasteiger partial charge in [-0.05, 0) is 11.5 Å². The van der Waals surface area contributed by atoms with Crippen LogP contribution in [0.5, 0.6) is 0 Å². The lowest BCUT2D eigenvalue weighted by molar-refractivity contribution is -0.118. The number of carbonyl (C=O) groups excluding carboxylic acids is 1. The predicted octanol–water partition coefficient (Wildman–Crippen LogP) is 1.77. The number of benzene rings is 1. The minimum atomic E-state index is 0.0519. The van der Waals surface area contributed by atoms with Crippen molar-refractivity contribution in [2.75, 3.05) is 13.1 Å². The minimum Gasteiger partial charge on any atom is -0.335 e. The Morgan fingerprint density at radius 1 is 1.38 bits per heavy atom. The summed E-state index contributed by atoms with van der Waals surface area (Å²) < 4.78 is 0. The van der Waals surface area contributed by atoms with Crippen LogP contribution in [-0.2, 0) is 4.79 Å². The van der Waals surface area contributed by atoms with E-state index in [1.807, 2.05) is 18.2 Å². The molecule has 3 nitrogen and oxygen atoms in total. The molecule has 0 spiro atoms.